The lowest BCUT2D eigenvalue weighted by atomic mass is 9.82. The third-order valence-corrected chi connectivity index (χ3v) is 11.7. The summed E-state index contributed by atoms with van der Waals surface area (Å²) in [6.45, 7) is 9.12. The average Bonchev–Trinajstić information content (AvgIpc) is 3.64. The standard InChI is InChI=1S/C53H46N2/c1-5-6-9-20-46-37(2)54(42-27-23-40(24-28-42)38-16-10-7-11-17-38)52-36-45(32-34-49(46)52)55(43-29-25-41(26-30-43)39-18-12-8-13-19-39)44-31-33-48-47-21-14-15-22-50(47)53(3,4)51(48)35-44/h5-8,10-19,21-36H,9,20H2,1-4H3/b6-5-. The quantitative estimate of drug-likeness (QED) is 0.135. The summed E-state index contributed by atoms with van der Waals surface area (Å²) in [5, 5.41) is 1.31. The summed E-state index contributed by atoms with van der Waals surface area (Å²) in [5.41, 5.74) is 18.7. The minimum atomic E-state index is -0.103. The first kappa shape index (κ1) is 34.4. The lowest BCUT2D eigenvalue weighted by Crippen LogP contribution is -2.16. The van der Waals surface area contributed by atoms with Crippen molar-refractivity contribution in [3.8, 4) is 39.1 Å². The van der Waals surface area contributed by atoms with Gasteiger partial charge in [-0.05, 0) is 125 Å². The van der Waals surface area contributed by atoms with Crippen molar-refractivity contribution in [2.24, 2.45) is 0 Å². The molecule has 0 unspecified atom stereocenters. The van der Waals surface area contributed by atoms with Gasteiger partial charge < -0.3 is 9.47 Å². The van der Waals surface area contributed by atoms with E-state index in [1.54, 1.807) is 0 Å². The van der Waals surface area contributed by atoms with Crippen LogP contribution < -0.4 is 4.90 Å². The van der Waals surface area contributed by atoms with Gasteiger partial charge in [0.2, 0.25) is 0 Å². The maximum Gasteiger partial charge on any atom is 0.0555 e. The van der Waals surface area contributed by atoms with Gasteiger partial charge in [0.25, 0.3) is 0 Å². The molecule has 0 N–H and O–H groups in total. The molecule has 1 aromatic heterocycles. The molecule has 0 atom stereocenters. The molecule has 0 spiro atoms. The van der Waals surface area contributed by atoms with E-state index in [0.29, 0.717) is 0 Å². The number of aryl methyl sites for hydroxylation is 1. The van der Waals surface area contributed by atoms with E-state index in [1.807, 2.05) is 0 Å². The van der Waals surface area contributed by atoms with Gasteiger partial charge in [-0.15, -0.1) is 0 Å². The topological polar surface area (TPSA) is 8.17 Å². The van der Waals surface area contributed by atoms with E-state index in [-0.39, 0.29) is 5.41 Å². The second-order valence-corrected chi connectivity index (χ2v) is 15.3. The van der Waals surface area contributed by atoms with Crippen LogP contribution in [0.5, 0.6) is 0 Å². The van der Waals surface area contributed by atoms with Gasteiger partial charge in [-0.3, -0.25) is 0 Å². The number of hydrogen-bond acceptors (Lipinski definition) is 1. The number of benzene rings is 7. The van der Waals surface area contributed by atoms with E-state index in [4.69, 9.17) is 0 Å². The van der Waals surface area contributed by atoms with Gasteiger partial charge in [-0.25, -0.2) is 0 Å². The van der Waals surface area contributed by atoms with Crippen molar-refractivity contribution in [1.29, 1.82) is 0 Å². The van der Waals surface area contributed by atoms with Crippen LogP contribution in [0.1, 0.15) is 49.6 Å². The highest BCUT2D eigenvalue weighted by atomic mass is 15.1. The van der Waals surface area contributed by atoms with Crippen LogP contribution in [0.25, 0.3) is 50.0 Å². The first-order valence-electron chi connectivity index (χ1n) is 19.5. The van der Waals surface area contributed by atoms with Crippen LogP contribution in [0.4, 0.5) is 17.1 Å². The van der Waals surface area contributed by atoms with E-state index >= 15 is 0 Å². The van der Waals surface area contributed by atoms with Crippen molar-refractivity contribution in [2.45, 2.75) is 46.0 Å². The Hall–Kier alpha value is -6.38. The molecule has 8 aromatic rings. The molecule has 2 nitrogen and oxygen atoms in total. The van der Waals surface area contributed by atoms with Gasteiger partial charge in [0.05, 0.1) is 5.52 Å². The fourth-order valence-corrected chi connectivity index (χ4v) is 8.80. The van der Waals surface area contributed by atoms with Gasteiger partial charge in [0.1, 0.15) is 0 Å². The Bertz CT molecular complexity index is 2660. The molecule has 0 saturated carbocycles. The lowest BCUT2D eigenvalue weighted by Gasteiger charge is -2.28. The van der Waals surface area contributed by atoms with Crippen LogP contribution >= 0.6 is 0 Å². The molecule has 55 heavy (non-hydrogen) atoms. The molecule has 0 aliphatic heterocycles. The number of allylic oxidation sites excluding steroid dienone is 2. The summed E-state index contributed by atoms with van der Waals surface area (Å²) < 4.78 is 2.47. The first-order chi connectivity index (χ1) is 26.9. The van der Waals surface area contributed by atoms with Crippen molar-refractivity contribution in [3.63, 3.8) is 0 Å². The van der Waals surface area contributed by atoms with Crippen molar-refractivity contribution in [1.82, 2.24) is 4.57 Å². The number of anilines is 3. The second-order valence-electron chi connectivity index (χ2n) is 15.3. The molecular weight excluding hydrogens is 665 g/mol. The number of rotatable bonds is 9. The van der Waals surface area contributed by atoms with Gasteiger partial charge >= 0.3 is 0 Å². The predicted molar refractivity (Wildman–Crippen MR) is 234 cm³/mol. The molecule has 1 aliphatic carbocycles. The molecule has 0 fully saturated rings. The Balaban J connectivity index is 1.22. The Kier molecular flexibility index (Phi) is 8.83. The number of nitrogens with zero attached hydrogens (tertiary/aromatic N) is 2. The predicted octanol–water partition coefficient (Wildman–Crippen LogP) is 14.6. The van der Waals surface area contributed by atoms with Gasteiger partial charge in [0, 0.05) is 39.2 Å². The van der Waals surface area contributed by atoms with E-state index < -0.39 is 0 Å². The monoisotopic (exact) mass is 710 g/mol. The molecule has 1 heterocycles. The highest BCUT2D eigenvalue weighted by Crippen LogP contribution is 2.51. The van der Waals surface area contributed by atoms with Crippen LogP contribution in [-0.2, 0) is 11.8 Å². The molecular formula is C53H46N2. The molecule has 1 aliphatic rings. The Labute approximate surface area is 325 Å². The molecule has 0 bridgehead atoms. The molecule has 0 radical (unpaired) electrons. The average molecular weight is 711 g/mol. The summed E-state index contributed by atoms with van der Waals surface area (Å²) >= 11 is 0. The fourth-order valence-electron chi connectivity index (χ4n) is 8.80. The van der Waals surface area contributed by atoms with Crippen LogP contribution in [0.2, 0.25) is 0 Å². The van der Waals surface area contributed by atoms with Gasteiger partial charge in [-0.2, -0.15) is 0 Å². The number of hydrogen-bond donors (Lipinski definition) is 0. The molecule has 0 saturated heterocycles. The van der Waals surface area contributed by atoms with Crippen LogP contribution in [0.15, 0.2) is 182 Å². The molecule has 2 heteroatoms. The normalized spacial score (nSPS) is 12.9. The summed E-state index contributed by atoms with van der Waals surface area (Å²) in [4.78, 5) is 2.44. The zero-order valence-electron chi connectivity index (χ0n) is 32.1. The zero-order valence-corrected chi connectivity index (χ0v) is 32.1. The fraction of sp³-hybridized carbons (Fsp3) is 0.132. The van der Waals surface area contributed by atoms with Gasteiger partial charge in [0.15, 0.2) is 0 Å². The molecule has 9 rings (SSSR count). The number of fused-ring (bicyclic) bond motifs is 4. The maximum atomic E-state index is 2.47. The van der Waals surface area contributed by atoms with Crippen molar-refractivity contribution in [3.05, 3.63) is 204 Å². The largest absolute Gasteiger partial charge is 0.314 e. The maximum absolute atomic E-state index is 2.47. The molecule has 268 valence electrons. The summed E-state index contributed by atoms with van der Waals surface area (Å²) in [6.07, 6.45) is 6.44. The van der Waals surface area contributed by atoms with E-state index in [1.165, 1.54) is 72.4 Å². The van der Waals surface area contributed by atoms with E-state index in [9.17, 15) is 0 Å². The smallest absolute Gasteiger partial charge is 0.0555 e. The SMILES string of the molecule is C/C=C\CCc1c(C)n(-c2ccc(-c3ccccc3)cc2)c2cc(N(c3ccc(-c4ccccc4)cc3)c3ccc4c(c3)C(C)(C)c3ccccc3-4)ccc12. The van der Waals surface area contributed by atoms with Crippen molar-refractivity contribution < 1.29 is 0 Å². The zero-order chi connectivity index (χ0) is 37.5. The van der Waals surface area contributed by atoms with Gasteiger partial charge in [-0.1, -0.05) is 147 Å². The Morgan fingerprint density at radius 1 is 0.545 bits per heavy atom. The van der Waals surface area contributed by atoms with Crippen molar-refractivity contribution >= 4 is 28.0 Å². The molecule has 7 aromatic carbocycles. The molecule has 0 amide bonds. The lowest BCUT2D eigenvalue weighted by molar-refractivity contribution is 0.660. The third-order valence-electron chi connectivity index (χ3n) is 11.7. The minimum Gasteiger partial charge on any atom is -0.314 e. The summed E-state index contributed by atoms with van der Waals surface area (Å²) in [6, 6.07) is 62.4. The second kappa shape index (κ2) is 14.1. The highest BCUT2D eigenvalue weighted by molar-refractivity contribution is 5.93. The van der Waals surface area contributed by atoms with Crippen LogP contribution in [-0.4, -0.2) is 4.57 Å². The van der Waals surface area contributed by atoms with Crippen molar-refractivity contribution in [2.75, 3.05) is 4.90 Å². The first-order valence-corrected chi connectivity index (χ1v) is 19.5. The van der Waals surface area contributed by atoms with E-state index in [2.05, 4.69) is 219 Å². The summed E-state index contributed by atoms with van der Waals surface area (Å²) in [7, 11) is 0. The number of aromatic nitrogens is 1. The highest BCUT2D eigenvalue weighted by Gasteiger charge is 2.35. The minimum absolute atomic E-state index is 0.103. The Morgan fingerprint density at radius 2 is 1.09 bits per heavy atom. The Morgan fingerprint density at radius 3 is 1.76 bits per heavy atom. The summed E-state index contributed by atoms with van der Waals surface area (Å²) in [5.74, 6) is 0. The third kappa shape index (κ3) is 6.09. The van der Waals surface area contributed by atoms with Crippen LogP contribution in [0.3, 0.4) is 0 Å². The van der Waals surface area contributed by atoms with E-state index in [0.717, 1.165) is 29.9 Å². The van der Waals surface area contributed by atoms with Crippen LogP contribution in [0, 0.1) is 6.92 Å².